The summed E-state index contributed by atoms with van der Waals surface area (Å²) < 4.78 is 0. The molecule has 132 valence electrons. The van der Waals surface area contributed by atoms with Crippen molar-refractivity contribution in [1.82, 2.24) is 15.2 Å². The molecule has 24 heavy (non-hydrogen) atoms. The highest BCUT2D eigenvalue weighted by molar-refractivity contribution is 6.32. The Bertz CT molecular complexity index is 560. The molecular formula is C18H27ClN4O. The molecule has 1 N–H and O–H groups in total. The second-order valence-corrected chi connectivity index (χ2v) is 7.52. The molecule has 6 heteroatoms. The van der Waals surface area contributed by atoms with Crippen LogP contribution in [0.3, 0.4) is 0 Å². The van der Waals surface area contributed by atoms with Crippen LogP contribution >= 0.6 is 11.6 Å². The van der Waals surface area contributed by atoms with Crippen LogP contribution in [0.4, 0.5) is 5.82 Å². The van der Waals surface area contributed by atoms with Gasteiger partial charge in [-0.1, -0.05) is 31.4 Å². The van der Waals surface area contributed by atoms with Gasteiger partial charge in [0.2, 0.25) is 5.91 Å². The van der Waals surface area contributed by atoms with Crippen LogP contribution < -0.4 is 10.2 Å². The van der Waals surface area contributed by atoms with Crippen molar-refractivity contribution in [3.05, 3.63) is 23.4 Å². The Morgan fingerprint density at radius 1 is 1.33 bits per heavy atom. The number of pyridine rings is 1. The second-order valence-electron chi connectivity index (χ2n) is 7.11. The molecule has 1 saturated heterocycles. The van der Waals surface area contributed by atoms with Gasteiger partial charge in [-0.3, -0.25) is 9.69 Å². The summed E-state index contributed by atoms with van der Waals surface area (Å²) in [5.41, 5.74) is 0. The zero-order valence-electron chi connectivity index (χ0n) is 14.4. The Morgan fingerprint density at radius 3 is 2.83 bits per heavy atom. The van der Waals surface area contributed by atoms with Crippen LogP contribution in [0.1, 0.15) is 32.6 Å². The molecule has 1 aliphatic heterocycles. The predicted octanol–water partition coefficient (Wildman–Crippen LogP) is 2.55. The molecule has 1 amide bonds. The quantitative estimate of drug-likeness (QED) is 0.906. The summed E-state index contributed by atoms with van der Waals surface area (Å²) in [5.74, 6) is 1.74. The number of halogens is 1. The van der Waals surface area contributed by atoms with Crippen LogP contribution in [-0.4, -0.2) is 54.6 Å². The molecule has 2 aliphatic rings. The van der Waals surface area contributed by atoms with Gasteiger partial charge in [0.05, 0.1) is 11.6 Å². The Morgan fingerprint density at radius 2 is 2.12 bits per heavy atom. The van der Waals surface area contributed by atoms with Crippen molar-refractivity contribution in [2.45, 2.75) is 38.6 Å². The van der Waals surface area contributed by atoms with Crippen LogP contribution in [0.2, 0.25) is 5.02 Å². The number of anilines is 1. The number of carbonyl (C=O) groups excluding carboxylic acids is 1. The lowest BCUT2D eigenvalue weighted by Gasteiger charge is -2.35. The number of hydrogen-bond donors (Lipinski definition) is 1. The van der Waals surface area contributed by atoms with E-state index in [9.17, 15) is 4.79 Å². The molecule has 2 atom stereocenters. The highest BCUT2D eigenvalue weighted by Crippen LogP contribution is 2.24. The average molecular weight is 351 g/mol. The van der Waals surface area contributed by atoms with Crippen molar-refractivity contribution < 1.29 is 4.79 Å². The number of aromatic nitrogens is 1. The zero-order valence-corrected chi connectivity index (χ0v) is 15.1. The van der Waals surface area contributed by atoms with Crippen molar-refractivity contribution in [2.75, 3.05) is 37.6 Å². The van der Waals surface area contributed by atoms with Gasteiger partial charge in [-0.05, 0) is 30.9 Å². The highest BCUT2D eigenvalue weighted by atomic mass is 35.5. The molecule has 1 aromatic rings. The van der Waals surface area contributed by atoms with Crippen LogP contribution in [0, 0.1) is 5.92 Å². The molecule has 5 nitrogen and oxygen atoms in total. The van der Waals surface area contributed by atoms with Crippen molar-refractivity contribution in [2.24, 2.45) is 5.92 Å². The summed E-state index contributed by atoms with van der Waals surface area (Å²) in [4.78, 5) is 21.1. The monoisotopic (exact) mass is 350 g/mol. The molecule has 0 bridgehead atoms. The maximum absolute atomic E-state index is 12.3. The van der Waals surface area contributed by atoms with Crippen LogP contribution in [0.15, 0.2) is 18.3 Å². The third-order valence-corrected chi connectivity index (χ3v) is 5.37. The van der Waals surface area contributed by atoms with Crippen LogP contribution in [0.5, 0.6) is 0 Å². The van der Waals surface area contributed by atoms with E-state index >= 15 is 0 Å². The fraction of sp³-hybridized carbons (Fsp3) is 0.667. The molecule has 3 rings (SSSR count). The Hall–Kier alpha value is -1.33. The molecule has 2 unspecified atom stereocenters. The van der Waals surface area contributed by atoms with E-state index in [2.05, 4.69) is 27.0 Å². The van der Waals surface area contributed by atoms with Gasteiger partial charge in [0.1, 0.15) is 5.82 Å². The first-order chi connectivity index (χ1) is 11.6. The summed E-state index contributed by atoms with van der Waals surface area (Å²) in [6.45, 7) is 6.20. The van der Waals surface area contributed by atoms with E-state index in [0.717, 1.165) is 50.8 Å². The van der Waals surface area contributed by atoms with Gasteiger partial charge in [-0.25, -0.2) is 4.98 Å². The normalized spacial score (nSPS) is 25.5. The van der Waals surface area contributed by atoms with Crippen LogP contribution in [0.25, 0.3) is 0 Å². The Labute approximate surface area is 149 Å². The minimum Gasteiger partial charge on any atom is -0.353 e. The summed E-state index contributed by atoms with van der Waals surface area (Å²) in [5, 5.41) is 3.91. The van der Waals surface area contributed by atoms with E-state index in [1.54, 1.807) is 6.20 Å². The second kappa shape index (κ2) is 8.17. The molecule has 0 aromatic carbocycles. The topological polar surface area (TPSA) is 48.5 Å². The first-order valence-corrected chi connectivity index (χ1v) is 9.37. The fourth-order valence-electron chi connectivity index (χ4n) is 3.77. The van der Waals surface area contributed by atoms with E-state index in [-0.39, 0.29) is 5.91 Å². The number of hydrogen-bond acceptors (Lipinski definition) is 4. The Balaban J connectivity index is 1.43. The summed E-state index contributed by atoms with van der Waals surface area (Å²) >= 11 is 6.22. The molecule has 0 spiro atoms. The molecule has 1 aromatic heterocycles. The van der Waals surface area contributed by atoms with E-state index in [1.807, 2.05) is 12.1 Å². The van der Waals surface area contributed by atoms with E-state index in [4.69, 9.17) is 11.6 Å². The van der Waals surface area contributed by atoms with Gasteiger partial charge in [0, 0.05) is 38.4 Å². The minimum absolute atomic E-state index is 0.165. The summed E-state index contributed by atoms with van der Waals surface area (Å²) in [6, 6.07) is 4.09. The molecule has 0 radical (unpaired) electrons. The van der Waals surface area contributed by atoms with E-state index < -0.39 is 0 Å². The lowest BCUT2D eigenvalue weighted by molar-refractivity contribution is -0.123. The lowest BCUT2D eigenvalue weighted by Crippen LogP contribution is -2.51. The third kappa shape index (κ3) is 4.61. The van der Waals surface area contributed by atoms with Gasteiger partial charge in [-0.2, -0.15) is 0 Å². The molecular weight excluding hydrogens is 324 g/mol. The van der Waals surface area contributed by atoms with Gasteiger partial charge in [0.25, 0.3) is 0 Å². The van der Waals surface area contributed by atoms with Gasteiger partial charge >= 0.3 is 0 Å². The number of nitrogens with zero attached hydrogens (tertiary/aromatic N) is 3. The maximum Gasteiger partial charge on any atom is 0.234 e. The smallest absolute Gasteiger partial charge is 0.234 e. The van der Waals surface area contributed by atoms with Crippen LogP contribution in [-0.2, 0) is 4.79 Å². The molecule has 1 saturated carbocycles. The number of amides is 1. The summed E-state index contributed by atoms with van der Waals surface area (Å²) in [7, 11) is 0. The lowest BCUT2D eigenvalue weighted by atomic mass is 9.87. The molecule has 2 fully saturated rings. The van der Waals surface area contributed by atoms with Gasteiger partial charge in [-0.15, -0.1) is 0 Å². The average Bonchev–Trinajstić information content (AvgIpc) is 2.56. The van der Waals surface area contributed by atoms with Crippen molar-refractivity contribution in [1.29, 1.82) is 0 Å². The van der Waals surface area contributed by atoms with Crippen molar-refractivity contribution >= 4 is 23.3 Å². The number of rotatable bonds is 4. The van der Waals surface area contributed by atoms with Crippen molar-refractivity contribution in [3.8, 4) is 0 Å². The number of piperazine rings is 1. The van der Waals surface area contributed by atoms with Gasteiger partial charge < -0.3 is 10.2 Å². The van der Waals surface area contributed by atoms with E-state index in [0.29, 0.717) is 17.6 Å². The minimum atomic E-state index is 0.165. The summed E-state index contributed by atoms with van der Waals surface area (Å²) in [6.07, 6.45) is 6.55. The predicted molar refractivity (Wildman–Crippen MR) is 97.5 cm³/mol. The van der Waals surface area contributed by atoms with Crippen molar-refractivity contribution in [3.63, 3.8) is 0 Å². The molecule has 1 aliphatic carbocycles. The zero-order chi connectivity index (χ0) is 16.9. The fourth-order valence-corrected chi connectivity index (χ4v) is 4.01. The third-order valence-electron chi connectivity index (χ3n) is 5.08. The first-order valence-electron chi connectivity index (χ1n) is 8.99. The number of carbonyl (C=O) groups is 1. The molecule has 2 heterocycles. The Kier molecular flexibility index (Phi) is 5.95. The first kappa shape index (κ1) is 17.5. The largest absolute Gasteiger partial charge is 0.353 e. The van der Waals surface area contributed by atoms with Gasteiger partial charge in [0.15, 0.2) is 0 Å². The maximum atomic E-state index is 12.3. The number of nitrogens with one attached hydrogen (secondary N) is 1. The highest BCUT2D eigenvalue weighted by Gasteiger charge is 2.24. The SMILES string of the molecule is CC1CCCC(NC(=O)CN2CCN(c3ncccc3Cl)CC2)C1. The van der Waals surface area contributed by atoms with E-state index in [1.165, 1.54) is 12.8 Å². The standard InChI is InChI=1S/C18H27ClN4O/c1-14-4-2-5-15(12-14)21-17(24)13-22-8-10-23(11-9-22)18-16(19)6-3-7-20-18/h3,6-7,14-15H,2,4-5,8-13H2,1H3,(H,21,24).